The van der Waals surface area contributed by atoms with Crippen molar-refractivity contribution in [2.24, 2.45) is 0 Å². The average Bonchev–Trinajstić information content (AvgIpc) is 3.10. The van der Waals surface area contributed by atoms with E-state index in [0.717, 1.165) is 84.9 Å². The highest BCUT2D eigenvalue weighted by atomic mass is 16.6. The fraction of sp³-hybridized carbons (Fsp3) is 0.600. The Labute approximate surface area is 287 Å². The molecule has 0 aliphatic carbocycles. The van der Waals surface area contributed by atoms with Crippen LogP contribution in [0.5, 0.6) is 11.5 Å². The normalized spacial score (nSPS) is 12.6. The number of fused-ring (bicyclic) bond motifs is 2. The summed E-state index contributed by atoms with van der Waals surface area (Å²) in [6.45, 7) is 12.5. The molecule has 0 fully saturated rings. The second kappa shape index (κ2) is 22.3. The third kappa shape index (κ3) is 12.6. The molecule has 0 heterocycles. The number of carbonyl (C=O) groups excluding carboxylic acids is 2. The van der Waals surface area contributed by atoms with Crippen LogP contribution in [0.25, 0.3) is 21.5 Å². The van der Waals surface area contributed by atoms with E-state index in [0.29, 0.717) is 37.6 Å². The average molecular weight is 667 g/mol. The number of carbonyl (C=O) groups is 2. The van der Waals surface area contributed by atoms with E-state index in [1.165, 1.54) is 0 Å². The molecule has 0 saturated heterocycles. The molecule has 2 atom stereocenters. The van der Waals surface area contributed by atoms with Crippen molar-refractivity contribution in [3.05, 3.63) is 48.0 Å². The molecule has 0 aromatic heterocycles. The maximum absolute atomic E-state index is 12.6. The smallest absolute Gasteiger partial charge is 0.306 e. The van der Waals surface area contributed by atoms with Gasteiger partial charge in [0.2, 0.25) is 0 Å². The zero-order valence-corrected chi connectivity index (χ0v) is 30.0. The molecule has 8 heteroatoms. The lowest BCUT2D eigenvalue weighted by atomic mass is 9.98. The summed E-state index contributed by atoms with van der Waals surface area (Å²) in [5.41, 5.74) is 1.16. The molecule has 0 radical (unpaired) electrons. The van der Waals surface area contributed by atoms with Gasteiger partial charge in [0, 0.05) is 47.6 Å². The minimum Gasteiger partial charge on any atom is -0.488 e. The first-order valence-corrected chi connectivity index (χ1v) is 18.2. The Morgan fingerprint density at radius 2 is 1.02 bits per heavy atom. The summed E-state index contributed by atoms with van der Waals surface area (Å²) in [7, 11) is 0. The van der Waals surface area contributed by atoms with Gasteiger partial charge in [0.1, 0.15) is 24.7 Å². The van der Waals surface area contributed by atoms with Crippen LogP contribution in [0.1, 0.15) is 104 Å². The van der Waals surface area contributed by atoms with Gasteiger partial charge >= 0.3 is 11.9 Å². The van der Waals surface area contributed by atoms with Crippen molar-refractivity contribution in [3.63, 3.8) is 0 Å². The molecule has 2 unspecified atom stereocenters. The first-order chi connectivity index (χ1) is 23.4. The van der Waals surface area contributed by atoms with E-state index < -0.39 is 12.2 Å². The standard InChI is InChI=1S/C40H58O8/c1-6-11-19-37(41)47-31(26-43-23-13-8-3)28-45-39-33-17-15-16-18-34(33)40(36-25-30(10-5)21-22-35(36)39)46-29-32(27-44-24-14-9-4)48-38(42)20-12-7-2/h15-18,21-22,25,31-32H,6-14,19-20,23-24,26-29H2,1-5H3. The summed E-state index contributed by atoms with van der Waals surface area (Å²) in [4.78, 5) is 25.2. The van der Waals surface area contributed by atoms with Gasteiger partial charge in [-0.2, -0.15) is 0 Å². The summed E-state index contributed by atoms with van der Waals surface area (Å²) >= 11 is 0. The maximum Gasteiger partial charge on any atom is 0.306 e. The van der Waals surface area contributed by atoms with Crippen LogP contribution in [0, 0.1) is 0 Å². The number of hydrogen-bond donors (Lipinski definition) is 0. The topological polar surface area (TPSA) is 89.5 Å². The van der Waals surface area contributed by atoms with Crippen molar-refractivity contribution in [3.8, 4) is 11.5 Å². The molecule has 266 valence electrons. The van der Waals surface area contributed by atoms with Crippen molar-refractivity contribution >= 4 is 33.5 Å². The van der Waals surface area contributed by atoms with E-state index in [1.54, 1.807) is 0 Å². The van der Waals surface area contributed by atoms with Gasteiger partial charge < -0.3 is 28.4 Å². The van der Waals surface area contributed by atoms with Crippen LogP contribution in [0.4, 0.5) is 0 Å². The summed E-state index contributed by atoms with van der Waals surface area (Å²) < 4.78 is 36.6. The maximum atomic E-state index is 12.6. The monoisotopic (exact) mass is 666 g/mol. The minimum absolute atomic E-state index is 0.156. The van der Waals surface area contributed by atoms with Crippen LogP contribution in [0.2, 0.25) is 0 Å². The van der Waals surface area contributed by atoms with Crippen LogP contribution in [-0.4, -0.2) is 63.8 Å². The number of ether oxygens (including phenoxy) is 6. The summed E-state index contributed by atoms with van der Waals surface area (Å²) in [6, 6.07) is 14.3. The molecule has 0 spiro atoms. The van der Waals surface area contributed by atoms with Crippen LogP contribution in [-0.2, 0) is 35.0 Å². The van der Waals surface area contributed by atoms with Crippen molar-refractivity contribution in [2.45, 2.75) is 117 Å². The predicted molar refractivity (Wildman–Crippen MR) is 192 cm³/mol. The Morgan fingerprint density at radius 1 is 0.562 bits per heavy atom. The second-order valence-electron chi connectivity index (χ2n) is 12.3. The number of unbranched alkanes of at least 4 members (excludes halogenated alkanes) is 4. The highest BCUT2D eigenvalue weighted by Gasteiger charge is 2.22. The SMILES string of the molecule is CCCCOCC(COc1c2ccccc2c(OCC(COCCCC)OC(=O)CCCC)c2cc(CC)ccc12)OC(=O)CCCC. The van der Waals surface area contributed by atoms with Crippen molar-refractivity contribution in [2.75, 3.05) is 39.6 Å². The number of aryl methyl sites for hydroxylation is 1. The highest BCUT2D eigenvalue weighted by molar-refractivity contribution is 6.11. The lowest BCUT2D eigenvalue weighted by molar-refractivity contribution is -0.155. The molecule has 48 heavy (non-hydrogen) atoms. The van der Waals surface area contributed by atoms with Crippen molar-refractivity contribution in [1.82, 2.24) is 0 Å². The third-order valence-electron chi connectivity index (χ3n) is 8.18. The van der Waals surface area contributed by atoms with Gasteiger partial charge in [-0.3, -0.25) is 9.59 Å². The number of benzene rings is 3. The van der Waals surface area contributed by atoms with Gasteiger partial charge in [-0.05, 0) is 43.7 Å². The Balaban J connectivity index is 1.95. The van der Waals surface area contributed by atoms with E-state index in [2.05, 4.69) is 52.8 Å². The third-order valence-corrected chi connectivity index (χ3v) is 8.18. The van der Waals surface area contributed by atoms with Gasteiger partial charge in [0.15, 0.2) is 12.2 Å². The Hall–Kier alpha value is -3.36. The van der Waals surface area contributed by atoms with Crippen LogP contribution >= 0.6 is 0 Å². The lowest BCUT2D eigenvalue weighted by Gasteiger charge is -2.23. The molecule has 0 amide bonds. The van der Waals surface area contributed by atoms with Gasteiger partial charge in [0.25, 0.3) is 0 Å². The number of hydrogen-bond acceptors (Lipinski definition) is 8. The molecule has 3 aromatic carbocycles. The van der Waals surface area contributed by atoms with E-state index in [1.807, 2.05) is 24.3 Å². The fourth-order valence-corrected chi connectivity index (χ4v) is 5.32. The first kappa shape index (κ1) is 39.1. The molecular weight excluding hydrogens is 608 g/mol. The molecule has 0 N–H and O–H groups in total. The Bertz CT molecular complexity index is 1390. The van der Waals surface area contributed by atoms with Crippen LogP contribution in [0.3, 0.4) is 0 Å². The molecule has 0 aliphatic heterocycles. The molecule has 0 bridgehead atoms. The molecule has 3 rings (SSSR count). The van der Waals surface area contributed by atoms with Gasteiger partial charge in [0.05, 0.1) is 13.2 Å². The zero-order valence-electron chi connectivity index (χ0n) is 30.0. The first-order valence-electron chi connectivity index (χ1n) is 18.2. The van der Waals surface area contributed by atoms with Crippen LogP contribution < -0.4 is 9.47 Å². The van der Waals surface area contributed by atoms with E-state index in [9.17, 15) is 9.59 Å². The van der Waals surface area contributed by atoms with Gasteiger partial charge in [-0.25, -0.2) is 0 Å². The van der Waals surface area contributed by atoms with E-state index in [-0.39, 0.29) is 38.4 Å². The molecule has 3 aromatic rings. The molecule has 0 aliphatic rings. The largest absolute Gasteiger partial charge is 0.488 e. The summed E-state index contributed by atoms with van der Waals surface area (Å²) in [6.07, 6.45) is 7.86. The second-order valence-corrected chi connectivity index (χ2v) is 12.3. The van der Waals surface area contributed by atoms with Crippen LogP contribution in [0.15, 0.2) is 42.5 Å². The van der Waals surface area contributed by atoms with Crippen molar-refractivity contribution in [1.29, 1.82) is 0 Å². The fourth-order valence-electron chi connectivity index (χ4n) is 5.32. The number of rotatable bonds is 25. The molecular formula is C40H58O8. The lowest BCUT2D eigenvalue weighted by Crippen LogP contribution is -2.30. The van der Waals surface area contributed by atoms with Gasteiger partial charge in [-0.15, -0.1) is 0 Å². The van der Waals surface area contributed by atoms with E-state index >= 15 is 0 Å². The Morgan fingerprint density at radius 3 is 1.48 bits per heavy atom. The summed E-state index contributed by atoms with van der Waals surface area (Å²) in [5.74, 6) is 0.931. The quantitative estimate of drug-likeness (QED) is 0.0503. The highest BCUT2D eigenvalue weighted by Crippen LogP contribution is 2.43. The predicted octanol–water partition coefficient (Wildman–Crippen LogP) is 9.15. The Kier molecular flexibility index (Phi) is 18.2. The minimum atomic E-state index is -0.541. The zero-order chi connectivity index (χ0) is 34.6. The molecule has 0 saturated carbocycles. The van der Waals surface area contributed by atoms with Gasteiger partial charge in [-0.1, -0.05) is 96.7 Å². The molecule has 8 nitrogen and oxygen atoms in total. The summed E-state index contributed by atoms with van der Waals surface area (Å²) in [5, 5.41) is 3.55. The van der Waals surface area contributed by atoms with Crippen molar-refractivity contribution < 1.29 is 38.0 Å². The number of esters is 2. The van der Waals surface area contributed by atoms with E-state index in [4.69, 9.17) is 28.4 Å².